The van der Waals surface area contributed by atoms with Crippen molar-refractivity contribution in [3.05, 3.63) is 71.1 Å². The molecule has 0 amide bonds. The molecule has 1 aliphatic rings. The molecule has 1 saturated heterocycles. The largest absolute Gasteiger partial charge is 0.243 e. The number of sulfonamides is 2. The van der Waals surface area contributed by atoms with Gasteiger partial charge in [0.25, 0.3) is 0 Å². The molecular weight excluding hydrogens is 384 g/mol. The monoisotopic (exact) mass is 406 g/mol. The first-order valence-electron chi connectivity index (χ1n) is 8.59. The third kappa shape index (κ3) is 4.65. The third-order valence-corrected chi connectivity index (χ3v) is 7.93. The van der Waals surface area contributed by atoms with E-state index in [9.17, 15) is 16.8 Å². The van der Waals surface area contributed by atoms with Gasteiger partial charge >= 0.3 is 0 Å². The predicted octanol–water partition coefficient (Wildman–Crippen LogP) is 2.30. The summed E-state index contributed by atoms with van der Waals surface area (Å²) in [5, 5.41) is 1.17. The normalized spacial score (nSPS) is 17.4. The highest BCUT2D eigenvalue weighted by Gasteiger charge is 2.31. The smallest absolute Gasteiger partial charge is 0.208 e. The highest BCUT2D eigenvalue weighted by Crippen LogP contribution is 2.20. The van der Waals surface area contributed by atoms with Gasteiger partial charge in [-0.2, -0.15) is 8.61 Å². The zero-order chi connectivity index (χ0) is 19.5. The van der Waals surface area contributed by atoms with Crippen molar-refractivity contribution in [2.24, 2.45) is 0 Å². The van der Waals surface area contributed by atoms with E-state index in [1.807, 2.05) is 37.3 Å². The van der Waals surface area contributed by atoms with Crippen LogP contribution >= 0.6 is 0 Å². The fourth-order valence-electron chi connectivity index (χ4n) is 2.84. The van der Waals surface area contributed by atoms with E-state index in [0.717, 1.165) is 11.1 Å². The maximum atomic E-state index is 12.7. The Morgan fingerprint density at radius 2 is 1.33 bits per heavy atom. The number of nitrogens with zero attached hydrogens (tertiary/aromatic N) is 2. The molecule has 1 heterocycles. The second-order valence-corrected chi connectivity index (χ2v) is 10.1. The lowest BCUT2D eigenvalue weighted by Gasteiger charge is -2.32. The van der Waals surface area contributed by atoms with E-state index < -0.39 is 20.0 Å². The second-order valence-electron chi connectivity index (χ2n) is 6.37. The van der Waals surface area contributed by atoms with Crippen LogP contribution in [0.2, 0.25) is 0 Å². The minimum Gasteiger partial charge on any atom is -0.208 e. The van der Waals surface area contributed by atoms with E-state index in [1.54, 1.807) is 30.3 Å². The number of piperazine rings is 1. The van der Waals surface area contributed by atoms with Crippen LogP contribution in [0.15, 0.2) is 64.9 Å². The van der Waals surface area contributed by atoms with Gasteiger partial charge in [-0.15, -0.1) is 0 Å². The Balaban J connectivity index is 1.67. The highest BCUT2D eigenvalue weighted by atomic mass is 32.2. The van der Waals surface area contributed by atoms with Crippen LogP contribution in [0.4, 0.5) is 0 Å². The zero-order valence-corrected chi connectivity index (χ0v) is 16.7. The van der Waals surface area contributed by atoms with E-state index in [0.29, 0.717) is 0 Å². The van der Waals surface area contributed by atoms with Crippen molar-refractivity contribution in [2.75, 3.05) is 26.2 Å². The highest BCUT2D eigenvalue weighted by molar-refractivity contribution is 7.92. The van der Waals surface area contributed by atoms with Crippen molar-refractivity contribution in [1.82, 2.24) is 8.61 Å². The molecule has 27 heavy (non-hydrogen) atoms. The SMILES string of the molecule is Cc1ccc(S(=O)(=O)N2CCN(S(=O)(=O)/C=C/c3ccccc3)CC2)cc1. The van der Waals surface area contributed by atoms with Crippen LogP contribution in [0, 0.1) is 6.92 Å². The van der Waals surface area contributed by atoms with Crippen LogP contribution in [-0.2, 0) is 20.0 Å². The summed E-state index contributed by atoms with van der Waals surface area (Å²) in [5.41, 5.74) is 1.77. The van der Waals surface area contributed by atoms with Gasteiger partial charge in [-0.3, -0.25) is 0 Å². The maximum absolute atomic E-state index is 12.7. The van der Waals surface area contributed by atoms with Gasteiger partial charge in [0.05, 0.1) is 4.90 Å². The predicted molar refractivity (Wildman–Crippen MR) is 106 cm³/mol. The molecule has 0 atom stereocenters. The summed E-state index contributed by atoms with van der Waals surface area (Å²) in [5.74, 6) is 0. The van der Waals surface area contributed by atoms with Crippen LogP contribution in [0.3, 0.4) is 0 Å². The van der Waals surface area contributed by atoms with Crippen molar-refractivity contribution in [1.29, 1.82) is 0 Å². The number of hydrogen-bond acceptors (Lipinski definition) is 4. The van der Waals surface area contributed by atoms with Crippen molar-refractivity contribution < 1.29 is 16.8 Å². The lowest BCUT2D eigenvalue weighted by atomic mass is 10.2. The summed E-state index contributed by atoms with van der Waals surface area (Å²) in [6.07, 6.45) is 1.55. The van der Waals surface area contributed by atoms with Gasteiger partial charge in [-0.1, -0.05) is 48.0 Å². The molecule has 8 heteroatoms. The minimum absolute atomic E-state index is 0.132. The quantitative estimate of drug-likeness (QED) is 0.764. The third-order valence-electron chi connectivity index (χ3n) is 4.45. The molecule has 0 bridgehead atoms. The summed E-state index contributed by atoms with van der Waals surface area (Å²) in [4.78, 5) is 0.230. The summed E-state index contributed by atoms with van der Waals surface area (Å²) >= 11 is 0. The Morgan fingerprint density at radius 3 is 1.93 bits per heavy atom. The van der Waals surface area contributed by atoms with Crippen LogP contribution in [0.1, 0.15) is 11.1 Å². The van der Waals surface area contributed by atoms with E-state index in [1.165, 1.54) is 14.0 Å². The first-order valence-corrected chi connectivity index (χ1v) is 11.5. The molecule has 0 N–H and O–H groups in total. The van der Waals surface area contributed by atoms with Crippen molar-refractivity contribution in [3.8, 4) is 0 Å². The molecule has 3 rings (SSSR count). The molecule has 0 aliphatic carbocycles. The van der Waals surface area contributed by atoms with Crippen molar-refractivity contribution >= 4 is 26.1 Å². The van der Waals surface area contributed by atoms with Crippen LogP contribution in [-0.4, -0.2) is 51.6 Å². The van der Waals surface area contributed by atoms with Gasteiger partial charge < -0.3 is 0 Å². The first-order chi connectivity index (χ1) is 12.8. The topological polar surface area (TPSA) is 74.8 Å². The van der Waals surface area contributed by atoms with E-state index in [2.05, 4.69) is 0 Å². The molecule has 0 unspecified atom stereocenters. The number of benzene rings is 2. The summed E-state index contributed by atoms with van der Waals surface area (Å²) in [7, 11) is -7.20. The van der Waals surface area contributed by atoms with Gasteiger partial charge in [-0.05, 0) is 30.7 Å². The maximum Gasteiger partial charge on any atom is 0.243 e. The first kappa shape index (κ1) is 19.8. The number of aryl methyl sites for hydroxylation is 1. The van der Waals surface area contributed by atoms with Crippen LogP contribution < -0.4 is 0 Å². The number of rotatable bonds is 5. The lowest BCUT2D eigenvalue weighted by Crippen LogP contribution is -2.49. The molecule has 0 aromatic heterocycles. The van der Waals surface area contributed by atoms with E-state index in [4.69, 9.17) is 0 Å². The summed E-state index contributed by atoms with van der Waals surface area (Å²) < 4.78 is 53.1. The van der Waals surface area contributed by atoms with E-state index in [-0.39, 0.29) is 31.1 Å². The van der Waals surface area contributed by atoms with Gasteiger partial charge in [0.15, 0.2) is 0 Å². The molecule has 1 aliphatic heterocycles. The van der Waals surface area contributed by atoms with Gasteiger partial charge in [-0.25, -0.2) is 16.8 Å². The van der Waals surface area contributed by atoms with Gasteiger partial charge in [0.1, 0.15) is 0 Å². The summed E-state index contributed by atoms with van der Waals surface area (Å²) in [6, 6.07) is 15.8. The molecule has 2 aromatic carbocycles. The molecule has 6 nitrogen and oxygen atoms in total. The minimum atomic E-state index is -3.61. The van der Waals surface area contributed by atoms with Gasteiger partial charge in [0, 0.05) is 31.6 Å². The molecule has 0 radical (unpaired) electrons. The Labute approximate surface area is 160 Å². The molecule has 0 saturated carbocycles. The fourth-order valence-corrected chi connectivity index (χ4v) is 5.43. The van der Waals surface area contributed by atoms with E-state index >= 15 is 0 Å². The van der Waals surface area contributed by atoms with Crippen LogP contribution in [0.25, 0.3) is 6.08 Å². The summed E-state index contributed by atoms with van der Waals surface area (Å²) in [6.45, 7) is 2.42. The number of hydrogen-bond donors (Lipinski definition) is 0. The Kier molecular flexibility index (Phi) is 5.81. The van der Waals surface area contributed by atoms with Crippen molar-refractivity contribution in [3.63, 3.8) is 0 Å². The van der Waals surface area contributed by atoms with Crippen LogP contribution in [0.5, 0.6) is 0 Å². The second kappa shape index (κ2) is 7.93. The van der Waals surface area contributed by atoms with Crippen molar-refractivity contribution in [2.45, 2.75) is 11.8 Å². The Bertz CT molecular complexity index is 1010. The molecule has 0 spiro atoms. The fraction of sp³-hybridized carbons (Fsp3) is 0.263. The molecule has 144 valence electrons. The standard InChI is InChI=1S/C19H22N2O4S2/c1-17-7-9-19(10-8-17)27(24,25)21-14-12-20(13-15-21)26(22,23)16-11-18-5-3-2-4-6-18/h2-11,16H,12-15H2,1H3/b16-11+. The average molecular weight is 407 g/mol. The Hall–Kier alpha value is -2.00. The zero-order valence-electron chi connectivity index (χ0n) is 15.0. The average Bonchev–Trinajstić information content (AvgIpc) is 2.68. The molecule has 1 fully saturated rings. The Morgan fingerprint density at radius 1 is 0.778 bits per heavy atom. The lowest BCUT2D eigenvalue weighted by molar-refractivity contribution is 0.275. The molecular formula is C19H22N2O4S2. The molecule has 2 aromatic rings. The van der Waals surface area contributed by atoms with Gasteiger partial charge in [0.2, 0.25) is 20.0 Å².